The van der Waals surface area contributed by atoms with E-state index in [1.165, 1.54) is 5.19 Å². The van der Waals surface area contributed by atoms with Crippen LogP contribution in [0.25, 0.3) is 0 Å². The molecule has 1 atom stereocenters. The van der Waals surface area contributed by atoms with Gasteiger partial charge in [-0.3, -0.25) is 0 Å². The summed E-state index contributed by atoms with van der Waals surface area (Å²) in [4.78, 5) is 0. The molecule has 0 spiro atoms. The van der Waals surface area contributed by atoms with Crippen molar-refractivity contribution in [3.05, 3.63) is 30.3 Å². The molecule has 0 aliphatic carbocycles. The molecule has 1 aromatic carbocycles. The van der Waals surface area contributed by atoms with Gasteiger partial charge in [-0.2, -0.15) is 0 Å². The highest BCUT2D eigenvalue weighted by molar-refractivity contribution is 6.92. The monoisotopic (exact) mass is 254 g/mol. The Morgan fingerprint density at radius 3 is 2.27 bits per heavy atom. The molecule has 0 N–H and O–H groups in total. The topological polar surface area (TPSA) is 27.7 Å². The normalized spacial score (nSPS) is 30.1. The van der Waals surface area contributed by atoms with Gasteiger partial charge in [0.15, 0.2) is 0 Å². The van der Waals surface area contributed by atoms with Crippen molar-refractivity contribution in [2.45, 2.75) is 19.6 Å². The summed E-state index contributed by atoms with van der Waals surface area (Å²) < 4.78 is 17.4. The van der Waals surface area contributed by atoms with Crippen molar-refractivity contribution in [3.63, 3.8) is 0 Å². The molecule has 1 aliphatic rings. The minimum absolute atomic E-state index is 0.128. The van der Waals surface area contributed by atoms with Gasteiger partial charge in [0.05, 0.1) is 0 Å². The molecule has 1 saturated heterocycles. The van der Waals surface area contributed by atoms with Crippen molar-refractivity contribution < 1.29 is 12.3 Å². The third-order valence-corrected chi connectivity index (χ3v) is 11.4. The smallest absolute Gasteiger partial charge is 0.413 e. The summed E-state index contributed by atoms with van der Waals surface area (Å²) in [5.74, 6) is 0. The molecule has 1 unspecified atom stereocenters. The minimum atomic E-state index is -2.20. The van der Waals surface area contributed by atoms with Crippen LogP contribution < -0.4 is 5.19 Å². The largest absolute Gasteiger partial charge is 0.414 e. The van der Waals surface area contributed by atoms with E-state index in [0.717, 1.165) is 0 Å². The Kier molecular flexibility index (Phi) is 2.97. The summed E-state index contributed by atoms with van der Waals surface area (Å²) in [6, 6.07) is 10.2. The van der Waals surface area contributed by atoms with Crippen molar-refractivity contribution in [1.82, 2.24) is 0 Å². The van der Waals surface area contributed by atoms with Crippen molar-refractivity contribution in [2.24, 2.45) is 0 Å². The maximum absolute atomic E-state index is 6.09. The molecule has 15 heavy (non-hydrogen) atoms. The van der Waals surface area contributed by atoms with Crippen LogP contribution in [0, 0.1) is 0 Å². The zero-order valence-electron chi connectivity index (χ0n) is 9.11. The van der Waals surface area contributed by atoms with E-state index in [2.05, 4.69) is 31.8 Å². The van der Waals surface area contributed by atoms with E-state index in [0.29, 0.717) is 0 Å². The predicted molar refractivity (Wildman–Crippen MR) is 64.2 cm³/mol. The Morgan fingerprint density at radius 1 is 1.00 bits per heavy atom. The summed E-state index contributed by atoms with van der Waals surface area (Å²) in [6.07, 6.45) is 0. The Labute approximate surface area is 94.9 Å². The zero-order valence-corrected chi connectivity index (χ0v) is 12.1. The van der Waals surface area contributed by atoms with Crippen LogP contribution in [0.15, 0.2) is 30.3 Å². The van der Waals surface area contributed by atoms with Crippen LogP contribution >= 0.6 is 0 Å². The lowest BCUT2D eigenvalue weighted by Gasteiger charge is -2.39. The molecule has 1 heterocycles. The highest BCUT2D eigenvalue weighted by Gasteiger charge is 2.46. The molecule has 0 aromatic heterocycles. The third-order valence-electron chi connectivity index (χ3n) is 2.26. The van der Waals surface area contributed by atoms with Gasteiger partial charge in [-0.05, 0) is 24.8 Å². The van der Waals surface area contributed by atoms with E-state index in [-0.39, 0.29) is 10.0 Å². The van der Waals surface area contributed by atoms with Crippen LogP contribution in [0.3, 0.4) is 0 Å². The standard InChI is InChI=1S/C9H14O3Si3/c1-14(2)10-13-11-15(3,12-14)9-7-5-4-6-8-9/h4-8H,1-3H3. The molecule has 80 valence electrons. The fourth-order valence-corrected chi connectivity index (χ4v) is 10.1. The van der Waals surface area contributed by atoms with Crippen molar-refractivity contribution in [3.8, 4) is 0 Å². The van der Waals surface area contributed by atoms with Crippen molar-refractivity contribution in [1.29, 1.82) is 0 Å². The second kappa shape index (κ2) is 3.96. The van der Waals surface area contributed by atoms with Gasteiger partial charge in [0, 0.05) is 0 Å². The lowest BCUT2D eigenvalue weighted by Crippen LogP contribution is -2.63. The summed E-state index contributed by atoms with van der Waals surface area (Å²) in [7, 11) is -4.03. The average Bonchev–Trinajstić information content (AvgIpc) is 2.17. The first kappa shape index (κ1) is 11.2. The minimum Gasteiger partial charge on any atom is -0.414 e. The Balaban J connectivity index is 2.27. The highest BCUT2D eigenvalue weighted by Crippen LogP contribution is 2.20. The van der Waals surface area contributed by atoms with Gasteiger partial charge >= 0.3 is 27.1 Å². The van der Waals surface area contributed by atoms with Crippen LogP contribution in [0.1, 0.15) is 0 Å². The molecule has 1 aromatic rings. The van der Waals surface area contributed by atoms with Crippen LogP contribution in [0.5, 0.6) is 0 Å². The quantitative estimate of drug-likeness (QED) is 0.706. The molecule has 1 fully saturated rings. The van der Waals surface area contributed by atoms with Crippen LogP contribution in [0.4, 0.5) is 0 Å². The first-order valence-electron chi connectivity index (χ1n) is 4.89. The fourth-order valence-electron chi connectivity index (χ4n) is 1.57. The first-order chi connectivity index (χ1) is 7.02. The third kappa shape index (κ3) is 2.47. The maximum Gasteiger partial charge on any atom is 0.413 e. The molecule has 1 aliphatic heterocycles. The molecular formula is C9H14O3Si3. The van der Waals surface area contributed by atoms with Crippen molar-refractivity contribution in [2.75, 3.05) is 0 Å². The molecule has 0 amide bonds. The molecule has 2 rings (SSSR count). The van der Waals surface area contributed by atoms with Crippen LogP contribution in [-0.2, 0) is 12.3 Å². The van der Waals surface area contributed by atoms with E-state index in [9.17, 15) is 0 Å². The Morgan fingerprint density at radius 2 is 1.67 bits per heavy atom. The van der Waals surface area contributed by atoms with Gasteiger partial charge in [0.1, 0.15) is 0 Å². The lowest BCUT2D eigenvalue weighted by molar-refractivity contribution is 0.276. The Bertz CT molecular complexity index is 344. The van der Waals surface area contributed by atoms with Gasteiger partial charge in [-0.25, -0.2) is 0 Å². The Hall–Kier alpha value is -0.249. The van der Waals surface area contributed by atoms with E-state index < -0.39 is 17.1 Å². The fraction of sp³-hybridized carbons (Fsp3) is 0.333. The first-order valence-corrected chi connectivity index (χ1v) is 10.8. The predicted octanol–water partition coefficient (Wildman–Crippen LogP) is 1.26. The SMILES string of the molecule is C[Si]1(C)O[Si]O[Si](C)(c2ccccc2)O1. The van der Waals surface area contributed by atoms with E-state index in [1.54, 1.807) is 0 Å². The molecule has 0 bridgehead atoms. The van der Waals surface area contributed by atoms with E-state index >= 15 is 0 Å². The zero-order chi connectivity index (χ0) is 10.9. The number of hydrogen-bond donors (Lipinski definition) is 0. The number of rotatable bonds is 1. The summed E-state index contributed by atoms with van der Waals surface area (Å²) >= 11 is 0. The lowest BCUT2D eigenvalue weighted by atomic mass is 10.4. The van der Waals surface area contributed by atoms with Gasteiger partial charge in [0.25, 0.3) is 0 Å². The molecule has 3 nitrogen and oxygen atoms in total. The summed E-state index contributed by atoms with van der Waals surface area (Å²) in [5.41, 5.74) is 0. The number of benzene rings is 1. The van der Waals surface area contributed by atoms with Crippen LogP contribution in [0.2, 0.25) is 19.6 Å². The second-order valence-electron chi connectivity index (χ2n) is 4.10. The van der Waals surface area contributed by atoms with Gasteiger partial charge < -0.3 is 12.3 Å². The second-order valence-corrected chi connectivity index (χ2v) is 12.0. The molecule has 2 radical (unpaired) electrons. The van der Waals surface area contributed by atoms with Crippen LogP contribution in [-0.4, -0.2) is 27.1 Å². The van der Waals surface area contributed by atoms with E-state index in [1.807, 2.05) is 18.2 Å². The van der Waals surface area contributed by atoms with E-state index in [4.69, 9.17) is 12.3 Å². The maximum atomic E-state index is 6.09. The van der Waals surface area contributed by atoms with Gasteiger partial charge in [-0.15, -0.1) is 0 Å². The number of hydrogen-bond acceptors (Lipinski definition) is 3. The van der Waals surface area contributed by atoms with Gasteiger partial charge in [0.2, 0.25) is 0 Å². The summed E-state index contributed by atoms with van der Waals surface area (Å²) in [5, 5.41) is 1.18. The molecule has 6 heteroatoms. The van der Waals surface area contributed by atoms with Gasteiger partial charge in [-0.1, -0.05) is 30.3 Å². The summed E-state index contributed by atoms with van der Waals surface area (Å²) in [6.45, 7) is 6.22. The molecular weight excluding hydrogens is 240 g/mol. The highest BCUT2D eigenvalue weighted by atomic mass is 28.5. The van der Waals surface area contributed by atoms with Crippen molar-refractivity contribution >= 4 is 32.3 Å². The average molecular weight is 254 g/mol. The molecule has 0 saturated carbocycles.